The topological polar surface area (TPSA) is 67.2 Å². The minimum absolute atomic E-state index is 0.00969. The molecule has 29 heavy (non-hydrogen) atoms. The first-order valence-electron chi connectivity index (χ1n) is 10.3. The first-order chi connectivity index (χ1) is 14.0. The third kappa shape index (κ3) is 4.27. The van der Waals surface area contributed by atoms with Gasteiger partial charge in [-0.05, 0) is 20.8 Å². The molecule has 3 rings (SSSR count). The SMILES string of the molecule is C=CCn1c(C)c(N2CCOCC2)c(C)c1C(=O)N1CCN(C(=O)OCC)CC1. The van der Waals surface area contributed by atoms with Crippen LogP contribution in [0, 0.1) is 13.8 Å². The van der Waals surface area contributed by atoms with Crippen molar-refractivity contribution in [1.29, 1.82) is 0 Å². The smallest absolute Gasteiger partial charge is 0.409 e. The predicted octanol–water partition coefficient (Wildman–Crippen LogP) is 2.04. The van der Waals surface area contributed by atoms with Gasteiger partial charge < -0.3 is 28.7 Å². The summed E-state index contributed by atoms with van der Waals surface area (Å²) in [5, 5.41) is 0. The summed E-state index contributed by atoms with van der Waals surface area (Å²) in [5.41, 5.74) is 3.93. The maximum absolute atomic E-state index is 13.5. The second-order valence-corrected chi connectivity index (χ2v) is 7.38. The van der Waals surface area contributed by atoms with E-state index in [0.29, 0.717) is 58.2 Å². The molecule has 0 aromatic carbocycles. The standard InChI is InChI=1S/C21H32N4O4/c1-5-7-25-17(4)18(22-12-14-28-15-13-22)16(3)19(25)20(26)23-8-10-24(11-9-23)21(27)29-6-2/h5H,1,6-15H2,2-4H3. The molecule has 3 heterocycles. The Labute approximate surface area is 172 Å². The molecule has 1 aromatic heterocycles. The molecule has 0 saturated carbocycles. The molecule has 2 amide bonds. The lowest BCUT2D eigenvalue weighted by Gasteiger charge is -2.34. The van der Waals surface area contributed by atoms with Gasteiger partial charge in [0.05, 0.1) is 25.5 Å². The Morgan fingerprint density at radius 1 is 1.07 bits per heavy atom. The largest absolute Gasteiger partial charge is 0.450 e. The lowest BCUT2D eigenvalue weighted by atomic mass is 10.1. The van der Waals surface area contributed by atoms with Crippen molar-refractivity contribution >= 4 is 17.7 Å². The molecule has 2 fully saturated rings. The highest BCUT2D eigenvalue weighted by Gasteiger charge is 2.31. The van der Waals surface area contributed by atoms with Crippen LogP contribution in [0.15, 0.2) is 12.7 Å². The van der Waals surface area contributed by atoms with E-state index in [2.05, 4.69) is 23.0 Å². The van der Waals surface area contributed by atoms with Crippen LogP contribution in [-0.4, -0.2) is 85.5 Å². The second-order valence-electron chi connectivity index (χ2n) is 7.38. The molecule has 0 unspecified atom stereocenters. The molecule has 8 heteroatoms. The number of morpholine rings is 1. The van der Waals surface area contributed by atoms with E-state index in [1.165, 1.54) is 0 Å². The number of amides is 2. The maximum Gasteiger partial charge on any atom is 0.409 e. The summed E-state index contributed by atoms with van der Waals surface area (Å²) in [4.78, 5) is 31.2. The first kappa shape index (κ1) is 21.2. The number of carbonyl (C=O) groups excluding carboxylic acids is 2. The van der Waals surface area contributed by atoms with Crippen LogP contribution in [0.25, 0.3) is 0 Å². The van der Waals surface area contributed by atoms with E-state index in [0.717, 1.165) is 30.0 Å². The van der Waals surface area contributed by atoms with Crippen molar-refractivity contribution in [1.82, 2.24) is 14.4 Å². The van der Waals surface area contributed by atoms with E-state index < -0.39 is 0 Å². The number of piperazine rings is 1. The van der Waals surface area contributed by atoms with E-state index in [1.807, 2.05) is 17.9 Å². The summed E-state index contributed by atoms with van der Waals surface area (Å²) < 4.78 is 12.6. The van der Waals surface area contributed by atoms with Gasteiger partial charge >= 0.3 is 6.09 Å². The summed E-state index contributed by atoms with van der Waals surface area (Å²) in [5.74, 6) is 0.00969. The molecule has 160 valence electrons. The first-order valence-corrected chi connectivity index (χ1v) is 10.3. The summed E-state index contributed by atoms with van der Waals surface area (Å²) in [6.45, 7) is 15.7. The van der Waals surface area contributed by atoms with Gasteiger partial charge in [-0.25, -0.2) is 4.79 Å². The number of hydrogen-bond donors (Lipinski definition) is 0. The molecule has 2 aliphatic heterocycles. The Morgan fingerprint density at radius 2 is 1.69 bits per heavy atom. The number of rotatable bonds is 5. The fourth-order valence-electron chi connectivity index (χ4n) is 4.22. The van der Waals surface area contributed by atoms with Gasteiger partial charge in [-0.15, -0.1) is 6.58 Å². The minimum Gasteiger partial charge on any atom is -0.450 e. The molecule has 0 spiro atoms. The van der Waals surface area contributed by atoms with E-state index in [1.54, 1.807) is 11.8 Å². The number of carbonyl (C=O) groups is 2. The van der Waals surface area contributed by atoms with E-state index in [4.69, 9.17) is 9.47 Å². The van der Waals surface area contributed by atoms with Gasteiger partial charge in [-0.3, -0.25) is 4.79 Å². The Hall–Kier alpha value is -2.48. The number of anilines is 1. The van der Waals surface area contributed by atoms with Crippen molar-refractivity contribution < 1.29 is 19.1 Å². The van der Waals surface area contributed by atoms with Crippen molar-refractivity contribution in [3.63, 3.8) is 0 Å². The number of aromatic nitrogens is 1. The van der Waals surface area contributed by atoms with Gasteiger partial charge in [-0.1, -0.05) is 6.08 Å². The van der Waals surface area contributed by atoms with Gasteiger partial charge in [-0.2, -0.15) is 0 Å². The Kier molecular flexibility index (Phi) is 6.84. The highest BCUT2D eigenvalue weighted by Crippen LogP contribution is 2.32. The molecule has 2 saturated heterocycles. The molecule has 1 aromatic rings. The number of hydrogen-bond acceptors (Lipinski definition) is 5. The molecular weight excluding hydrogens is 372 g/mol. The predicted molar refractivity (Wildman–Crippen MR) is 112 cm³/mol. The lowest BCUT2D eigenvalue weighted by molar-refractivity contribution is 0.0561. The number of allylic oxidation sites excluding steroid dienone is 1. The highest BCUT2D eigenvalue weighted by molar-refractivity contribution is 5.97. The highest BCUT2D eigenvalue weighted by atomic mass is 16.6. The van der Waals surface area contributed by atoms with Crippen molar-refractivity contribution in [2.24, 2.45) is 0 Å². The molecule has 2 aliphatic rings. The number of nitrogens with zero attached hydrogens (tertiary/aromatic N) is 4. The Morgan fingerprint density at radius 3 is 2.28 bits per heavy atom. The summed E-state index contributed by atoms with van der Waals surface area (Å²) >= 11 is 0. The third-order valence-electron chi connectivity index (χ3n) is 5.66. The molecule has 0 bridgehead atoms. The fourth-order valence-corrected chi connectivity index (χ4v) is 4.22. The van der Waals surface area contributed by atoms with Crippen LogP contribution >= 0.6 is 0 Å². The average molecular weight is 405 g/mol. The van der Waals surface area contributed by atoms with Crippen molar-refractivity contribution in [2.75, 3.05) is 64.0 Å². The third-order valence-corrected chi connectivity index (χ3v) is 5.66. The zero-order chi connectivity index (χ0) is 21.0. The molecular formula is C21H32N4O4. The van der Waals surface area contributed by atoms with Crippen molar-refractivity contribution in [3.8, 4) is 0 Å². The van der Waals surface area contributed by atoms with Crippen LogP contribution in [-0.2, 0) is 16.0 Å². The number of ether oxygens (including phenoxy) is 2. The van der Waals surface area contributed by atoms with E-state index in [-0.39, 0.29) is 12.0 Å². The zero-order valence-corrected chi connectivity index (χ0v) is 17.8. The van der Waals surface area contributed by atoms with Crippen LogP contribution < -0.4 is 4.90 Å². The van der Waals surface area contributed by atoms with Gasteiger partial charge in [0, 0.05) is 57.1 Å². The van der Waals surface area contributed by atoms with Gasteiger partial charge in [0.15, 0.2) is 0 Å². The van der Waals surface area contributed by atoms with Crippen LogP contribution in [0.3, 0.4) is 0 Å². The van der Waals surface area contributed by atoms with Crippen LogP contribution in [0.1, 0.15) is 28.7 Å². The summed E-state index contributed by atoms with van der Waals surface area (Å²) in [6.07, 6.45) is 1.52. The second kappa shape index (κ2) is 9.35. The quantitative estimate of drug-likeness (QED) is 0.703. The Balaban J connectivity index is 1.83. The van der Waals surface area contributed by atoms with Gasteiger partial charge in [0.25, 0.3) is 5.91 Å². The minimum atomic E-state index is -0.309. The summed E-state index contributed by atoms with van der Waals surface area (Å²) in [6, 6.07) is 0. The molecule has 0 radical (unpaired) electrons. The fraction of sp³-hybridized carbons (Fsp3) is 0.619. The van der Waals surface area contributed by atoms with Gasteiger partial charge in [0.1, 0.15) is 5.69 Å². The molecule has 0 aliphatic carbocycles. The molecule has 0 N–H and O–H groups in total. The molecule has 8 nitrogen and oxygen atoms in total. The lowest BCUT2D eigenvalue weighted by Crippen LogP contribution is -2.51. The van der Waals surface area contributed by atoms with Crippen molar-refractivity contribution in [2.45, 2.75) is 27.3 Å². The normalized spacial score (nSPS) is 17.4. The monoisotopic (exact) mass is 404 g/mol. The van der Waals surface area contributed by atoms with Crippen LogP contribution in [0.2, 0.25) is 0 Å². The van der Waals surface area contributed by atoms with Crippen molar-refractivity contribution in [3.05, 3.63) is 29.6 Å². The summed E-state index contributed by atoms with van der Waals surface area (Å²) in [7, 11) is 0. The zero-order valence-electron chi connectivity index (χ0n) is 17.8. The van der Waals surface area contributed by atoms with Gasteiger partial charge in [0.2, 0.25) is 0 Å². The van der Waals surface area contributed by atoms with Crippen LogP contribution in [0.4, 0.5) is 10.5 Å². The molecule has 0 atom stereocenters. The van der Waals surface area contributed by atoms with E-state index >= 15 is 0 Å². The Bertz CT molecular complexity index is 759. The average Bonchev–Trinajstić information content (AvgIpc) is 2.98. The maximum atomic E-state index is 13.5. The van der Waals surface area contributed by atoms with E-state index in [9.17, 15) is 9.59 Å². The van der Waals surface area contributed by atoms with Crippen LogP contribution in [0.5, 0.6) is 0 Å².